The highest BCUT2D eigenvalue weighted by molar-refractivity contribution is 5.90. The number of aryl methyl sites for hydroxylation is 1. The van der Waals surface area contributed by atoms with Gasteiger partial charge in [0.15, 0.2) is 0 Å². The van der Waals surface area contributed by atoms with Crippen LogP contribution in [0.15, 0.2) is 30.9 Å². The normalized spacial score (nSPS) is 9.81. The lowest BCUT2D eigenvalue weighted by atomic mass is 10.1. The van der Waals surface area contributed by atoms with Gasteiger partial charge in [0, 0.05) is 0 Å². The monoisotopic (exact) mass is 220 g/mol. The van der Waals surface area contributed by atoms with Gasteiger partial charge in [0.05, 0.1) is 6.61 Å². The average Bonchev–Trinajstić information content (AvgIpc) is 2.24. The molecule has 1 aromatic rings. The van der Waals surface area contributed by atoms with Gasteiger partial charge in [0.25, 0.3) is 0 Å². The summed E-state index contributed by atoms with van der Waals surface area (Å²) in [5.74, 6) is -0.518. The summed E-state index contributed by atoms with van der Waals surface area (Å²) in [5.41, 5.74) is 1.20. The number of aromatic carboxylic acids is 1. The van der Waals surface area contributed by atoms with E-state index in [4.69, 9.17) is 9.84 Å². The van der Waals surface area contributed by atoms with Gasteiger partial charge in [-0.3, -0.25) is 0 Å². The fourth-order valence-corrected chi connectivity index (χ4v) is 1.34. The van der Waals surface area contributed by atoms with Crippen molar-refractivity contribution in [2.24, 2.45) is 0 Å². The summed E-state index contributed by atoms with van der Waals surface area (Å²) in [5, 5.41) is 8.96. The molecule has 0 fully saturated rings. The molecule has 0 aliphatic carbocycles. The van der Waals surface area contributed by atoms with Gasteiger partial charge < -0.3 is 9.84 Å². The molecule has 0 aromatic heterocycles. The molecule has 0 spiro atoms. The summed E-state index contributed by atoms with van der Waals surface area (Å²) >= 11 is 0. The van der Waals surface area contributed by atoms with E-state index in [1.165, 1.54) is 0 Å². The predicted molar refractivity (Wildman–Crippen MR) is 63.1 cm³/mol. The molecule has 16 heavy (non-hydrogen) atoms. The molecule has 0 saturated carbocycles. The Morgan fingerprint density at radius 3 is 2.94 bits per heavy atom. The summed E-state index contributed by atoms with van der Waals surface area (Å²) in [6.45, 7) is 6.03. The van der Waals surface area contributed by atoms with E-state index in [1.54, 1.807) is 18.2 Å². The Kier molecular flexibility index (Phi) is 4.58. The van der Waals surface area contributed by atoms with Crippen LogP contribution in [0.4, 0.5) is 0 Å². The van der Waals surface area contributed by atoms with E-state index in [2.05, 4.69) is 6.58 Å². The number of benzene rings is 1. The largest absolute Gasteiger partial charge is 0.493 e. The zero-order valence-corrected chi connectivity index (χ0v) is 9.40. The van der Waals surface area contributed by atoms with Crippen molar-refractivity contribution in [3.63, 3.8) is 0 Å². The first-order valence-electron chi connectivity index (χ1n) is 5.23. The molecule has 0 bridgehead atoms. The standard InChI is InChI=1S/C13H16O3/c1-3-4-5-8-16-12-9-10(2)6-7-11(12)13(14)15/h3,6-7,9H,1,4-5,8H2,2H3,(H,14,15). The predicted octanol–water partition coefficient (Wildman–Crippen LogP) is 3.04. The van der Waals surface area contributed by atoms with Gasteiger partial charge in [-0.2, -0.15) is 0 Å². The summed E-state index contributed by atoms with van der Waals surface area (Å²) in [4.78, 5) is 10.9. The smallest absolute Gasteiger partial charge is 0.339 e. The van der Waals surface area contributed by atoms with Crippen LogP contribution in [0.2, 0.25) is 0 Å². The van der Waals surface area contributed by atoms with Crippen molar-refractivity contribution in [3.8, 4) is 5.75 Å². The van der Waals surface area contributed by atoms with E-state index >= 15 is 0 Å². The van der Waals surface area contributed by atoms with Gasteiger partial charge in [0.1, 0.15) is 11.3 Å². The summed E-state index contributed by atoms with van der Waals surface area (Å²) < 4.78 is 5.45. The van der Waals surface area contributed by atoms with Crippen molar-refractivity contribution >= 4 is 5.97 Å². The maximum absolute atomic E-state index is 10.9. The number of unbranched alkanes of at least 4 members (excludes halogenated alkanes) is 1. The van der Waals surface area contributed by atoms with Crippen molar-refractivity contribution in [1.82, 2.24) is 0 Å². The number of carbonyl (C=O) groups is 1. The molecule has 1 rings (SSSR count). The number of ether oxygens (including phenoxy) is 1. The Morgan fingerprint density at radius 1 is 1.56 bits per heavy atom. The number of carboxylic acids is 1. The van der Waals surface area contributed by atoms with Gasteiger partial charge in [-0.15, -0.1) is 6.58 Å². The van der Waals surface area contributed by atoms with Crippen molar-refractivity contribution in [2.75, 3.05) is 6.61 Å². The van der Waals surface area contributed by atoms with Crippen molar-refractivity contribution in [3.05, 3.63) is 42.0 Å². The summed E-state index contributed by atoms with van der Waals surface area (Å²) in [7, 11) is 0. The topological polar surface area (TPSA) is 46.5 Å². The van der Waals surface area contributed by atoms with E-state index in [0.29, 0.717) is 12.4 Å². The van der Waals surface area contributed by atoms with Gasteiger partial charge in [0.2, 0.25) is 0 Å². The van der Waals surface area contributed by atoms with Crippen LogP contribution in [-0.4, -0.2) is 17.7 Å². The zero-order chi connectivity index (χ0) is 12.0. The molecule has 0 aliphatic rings. The van der Waals surface area contributed by atoms with Crippen LogP contribution >= 0.6 is 0 Å². The van der Waals surface area contributed by atoms with E-state index in [0.717, 1.165) is 18.4 Å². The highest BCUT2D eigenvalue weighted by atomic mass is 16.5. The fraction of sp³-hybridized carbons (Fsp3) is 0.308. The highest BCUT2D eigenvalue weighted by Gasteiger charge is 2.10. The lowest BCUT2D eigenvalue weighted by molar-refractivity contribution is 0.0692. The lowest BCUT2D eigenvalue weighted by Crippen LogP contribution is -2.04. The maximum Gasteiger partial charge on any atom is 0.339 e. The minimum Gasteiger partial charge on any atom is -0.493 e. The van der Waals surface area contributed by atoms with Crippen LogP contribution in [0.5, 0.6) is 5.75 Å². The molecule has 0 aliphatic heterocycles. The second kappa shape index (κ2) is 5.95. The first-order valence-corrected chi connectivity index (χ1v) is 5.23. The van der Waals surface area contributed by atoms with Crippen LogP contribution in [-0.2, 0) is 0 Å². The Bertz CT molecular complexity index is 383. The molecule has 0 atom stereocenters. The third kappa shape index (κ3) is 3.42. The van der Waals surface area contributed by atoms with Crippen molar-refractivity contribution < 1.29 is 14.6 Å². The van der Waals surface area contributed by atoms with Crippen LogP contribution in [0.3, 0.4) is 0 Å². The van der Waals surface area contributed by atoms with E-state index in [1.807, 2.05) is 13.0 Å². The maximum atomic E-state index is 10.9. The molecule has 3 heteroatoms. The van der Waals surface area contributed by atoms with Gasteiger partial charge >= 0.3 is 5.97 Å². The molecule has 1 aromatic carbocycles. The van der Waals surface area contributed by atoms with Gasteiger partial charge in [-0.1, -0.05) is 12.1 Å². The van der Waals surface area contributed by atoms with Gasteiger partial charge in [-0.25, -0.2) is 4.79 Å². The second-order valence-corrected chi connectivity index (χ2v) is 3.58. The quantitative estimate of drug-likeness (QED) is 0.592. The van der Waals surface area contributed by atoms with Gasteiger partial charge in [-0.05, 0) is 37.5 Å². The minimum atomic E-state index is -0.960. The molecule has 1 N–H and O–H groups in total. The average molecular weight is 220 g/mol. The molecule has 0 unspecified atom stereocenters. The van der Waals surface area contributed by atoms with Crippen LogP contribution in [0.1, 0.15) is 28.8 Å². The molecular formula is C13H16O3. The number of hydrogen-bond donors (Lipinski definition) is 1. The third-order valence-electron chi connectivity index (χ3n) is 2.18. The first kappa shape index (κ1) is 12.3. The third-order valence-corrected chi connectivity index (χ3v) is 2.18. The van der Waals surface area contributed by atoms with E-state index in [-0.39, 0.29) is 5.56 Å². The molecule has 0 radical (unpaired) electrons. The first-order chi connectivity index (χ1) is 7.65. The molecule has 0 saturated heterocycles. The Hall–Kier alpha value is -1.77. The highest BCUT2D eigenvalue weighted by Crippen LogP contribution is 2.20. The molecule has 0 amide bonds. The van der Waals surface area contributed by atoms with Crippen LogP contribution in [0, 0.1) is 6.92 Å². The number of rotatable bonds is 6. The summed E-state index contributed by atoms with van der Waals surface area (Å²) in [6, 6.07) is 5.08. The number of carboxylic acid groups (broad SMARTS) is 1. The Morgan fingerprint density at radius 2 is 2.31 bits per heavy atom. The molecule has 86 valence electrons. The van der Waals surface area contributed by atoms with E-state index < -0.39 is 5.97 Å². The fourth-order valence-electron chi connectivity index (χ4n) is 1.34. The second-order valence-electron chi connectivity index (χ2n) is 3.58. The zero-order valence-electron chi connectivity index (χ0n) is 9.40. The number of hydrogen-bond acceptors (Lipinski definition) is 2. The minimum absolute atomic E-state index is 0.212. The van der Waals surface area contributed by atoms with Crippen molar-refractivity contribution in [2.45, 2.75) is 19.8 Å². The Labute approximate surface area is 95.4 Å². The molecule has 0 heterocycles. The van der Waals surface area contributed by atoms with Crippen LogP contribution in [0.25, 0.3) is 0 Å². The summed E-state index contributed by atoms with van der Waals surface area (Å²) in [6.07, 6.45) is 3.53. The number of allylic oxidation sites excluding steroid dienone is 1. The Balaban J connectivity index is 2.72. The van der Waals surface area contributed by atoms with E-state index in [9.17, 15) is 4.79 Å². The molecule has 3 nitrogen and oxygen atoms in total. The van der Waals surface area contributed by atoms with Crippen LogP contribution < -0.4 is 4.74 Å². The lowest BCUT2D eigenvalue weighted by Gasteiger charge is -2.09. The van der Waals surface area contributed by atoms with Crippen molar-refractivity contribution in [1.29, 1.82) is 0 Å². The SMILES string of the molecule is C=CCCCOc1cc(C)ccc1C(=O)O. The molecular weight excluding hydrogens is 204 g/mol.